The van der Waals surface area contributed by atoms with Crippen molar-refractivity contribution in [3.8, 4) is 0 Å². The number of rotatable bonds is 7. The van der Waals surface area contributed by atoms with Crippen LogP contribution in [0.5, 0.6) is 0 Å². The molecule has 0 spiro atoms. The molecule has 1 heterocycles. The van der Waals surface area contributed by atoms with Gasteiger partial charge in [-0.25, -0.2) is 8.42 Å². The van der Waals surface area contributed by atoms with Gasteiger partial charge in [-0.15, -0.1) is 0 Å². The molecule has 1 unspecified atom stereocenters. The molecule has 1 aliphatic heterocycles. The Morgan fingerprint density at radius 2 is 1.85 bits per heavy atom. The van der Waals surface area contributed by atoms with Gasteiger partial charge in [0.1, 0.15) is 6.04 Å². The minimum atomic E-state index is -3.59. The lowest BCUT2D eigenvalue weighted by Crippen LogP contribution is -2.46. The highest BCUT2D eigenvalue weighted by molar-refractivity contribution is 7.89. The minimum Gasteiger partial charge on any atom is -0.357 e. The van der Waals surface area contributed by atoms with Crippen LogP contribution < -0.4 is 10.6 Å². The number of likely N-dealkylation sites (N-methyl/N-ethyl adjacent to an activating group) is 1. The van der Waals surface area contributed by atoms with E-state index >= 15 is 0 Å². The molecule has 1 aromatic carbocycles. The van der Waals surface area contributed by atoms with Crippen molar-refractivity contribution >= 4 is 21.8 Å². The van der Waals surface area contributed by atoms with Gasteiger partial charge in [0.15, 0.2) is 0 Å². The summed E-state index contributed by atoms with van der Waals surface area (Å²) in [7, 11) is -2.07. The number of hydrogen-bond donors (Lipinski definition) is 2. The third kappa shape index (κ3) is 4.82. The van der Waals surface area contributed by atoms with Gasteiger partial charge in [0.2, 0.25) is 15.9 Å². The number of carbonyl (C=O) groups is 2. The lowest BCUT2D eigenvalue weighted by Gasteiger charge is -2.20. The summed E-state index contributed by atoms with van der Waals surface area (Å²) in [6.07, 6.45) is 2.20. The summed E-state index contributed by atoms with van der Waals surface area (Å²) in [5, 5.41) is 5.25. The molecule has 1 fully saturated rings. The van der Waals surface area contributed by atoms with Gasteiger partial charge in [-0.3, -0.25) is 9.59 Å². The van der Waals surface area contributed by atoms with Crippen molar-refractivity contribution in [2.45, 2.75) is 44.0 Å². The lowest BCUT2D eigenvalue weighted by molar-refractivity contribution is -0.122. The van der Waals surface area contributed by atoms with Crippen molar-refractivity contribution in [2.75, 3.05) is 20.1 Å². The predicted molar refractivity (Wildman–Crippen MR) is 99.2 cm³/mol. The Hall–Kier alpha value is -1.93. The lowest BCUT2D eigenvalue weighted by atomic mass is 10.0. The Labute approximate surface area is 155 Å². The van der Waals surface area contributed by atoms with E-state index in [1.54, 1.807) is 12.1 Å². The van der Waals surface area contributed by atoms with Gasteiger partial charge in [0.25, 0.3) is 5.91 Å². The average Bonchev–Trinajstić information content (AvgIpc) is 3.15. The van der Waals surface area contributed by atoms with E-state index in [2.05, 4.69) is 10.6 Å². The second kappa shape index (κ2) is 8.64. The summed E-state index contributed by atoms with van der Waals surface area (Å²) in [6.45, 7) is 4.94. The van der Waals surface area contributed by atoms with E-state index < -0.39 is 22.0 Å². The molecule has 2 N–H and O–H groups in total. The van der Waals surface area contributed by atoms with Gasteiger partial charge in [0, 0.05) is 25.7 Å². The Morgan fingerprint density at radius 1 is 1.19 bits per heavy atom. The van der Waals surface area contributed by atoms with Crippen LogP contribution in [0.2, 0.25) is 0 Å². The first kappa shape index (κ1) is 20.4. The molecule has 0 aromatic heterocycles. The van der Waals surface area contributed by atoms with Gasteiger partial charge in [-0.2, -0.15) is 4.31 Å². The first-order valence-electron chi connectivity index (χ1n) is 8.88. The second-order valence-electron chi connectivity index (χ2n) is 6.91. The number of amides is 2. The molecule has 7 nitrogen and oxygen atoms in total. The van der Waals surface area contributed by atoms with Gasteiger partial charge < -0.3 is 10.6 Å². The Morgan fingerprint density at radius 3 is 2.42 bits per heavy atom. The zero-order chi connectivity index (χ0) is 19.3. The van der Waals surface area contributed by atoms with E-state index in [0.29, 0.717) is 19.5 Å². The third-order valence-corrected chi connectivity index (χ3v) is 6.27. The standard InChI is InChI=1S/C18H27N3O4S/c1-13(2)11-16(18(23)19-3)20-17(22)14-7-6-8-15(12-14)26(24,25)21-9-4-5-10-21/h6-8,12-13,16H,4-5,9-11H2,1-3H3,(H,19,23)(H,20,22). The number of sulfonamides is 1. The minimum absolute atomic E-state index is 0.104. The Balaban J connectivity index is 2.20. The number of hydrogen-bond acceptors (Lipinski definition) is 4. The van der Waals surface area contributed by atoms with Crippen molar-refractivity contribution in [1.29, 1.82) is 0 Å². The van der Waals surface area contributed by atoms with Crippen LogP contribution in [-0.2, 0) is 14.8 Å². The van der Waals surface area contributed by atoms with Gasteiger partial charge in [-0.05, 0) is 43.4 Å². The number of carbonyl (C=O) groups excluding carboxylic acids is 2. The normalized spacial score (nSPS) is 16.5. The summed E-state index contributed by atoms with van der Waals surface area (Å²) < 4.78 is 26.8. The summed E-state index contributed by atoms with van der Waals surface area (Å²) in [6, 6.07) is 5.31. The molecular formula is C18H27N3O4S. The average molecular weight is 381 g/mol. The molecule has 26 heavy (non-hydrogen) atoms. The third-order valence-electron chi connectivity index (χ3n) is 4.37. The topological polar surface area (TPSA) is 95.6 Å². The highest BCUT2D eigenvalue weighted by atomic mass is 32.2. The van der Waals surface area contributed by atoms with Crippen LogP contribution in [0.15, 0.2) is 29.2 Å². The van der Waals surface area contributed by atoms with E-state index in [4.69, 9.17) is 0 Å². The van der Waals surface area contributed by atoms with Crippen molar-refractivity contribution in [1.82, 2.24) is 14.9 Å². The molecule has 1 saturated heterocycles. The maximum absolute atomic E-state index is 12.7. The molecule has 2 rings (SSSR count). The molecule has 0 aliphatic carbocycles. The van der Waals surface area contributed by atoms with E-state index in [1.807, 2.05) is 13.8 Å². The second-order valence-corrected chi connectivity index (χ2v) is 8.85. The first-order chi connectivity index (χ1) is 12.3. The van der Waals surface area contributed by atoms with Gasteiger partial charge in [0.05, 0.1) is 4.90 Å². The van der Waals surface area contributed by atoms with Crippen LogP contribution >= 0.6 is 0 Å². The van der Waals surface area contributed by atoms with Crippen LogP contribution in [0.1, 0.15) is 43.5 Å². The number of benzene rings is 1. The summed E-state index contributed by atoms with van der Waals surface area (Å²) >= 11 is 0. The summed E-state index contributed by atoms with van der Waals surface area (Å²) in [4.78, 5) is 24.6. The molecule has 2 amide bonds. The van der Waals surface area contributed by atoms with Crippen LogP contribution in [-0.4, -0.2) is 50.7 Å². The molecule has 0 saturated carbocycles. The fourth-order valence-electron chi connectivity index (χ4n) is 2.99. The van der Waals surface area contributed by atoms with Gasteiger partial charge in [-0.1, -0.05) is 19.9 Å². The zero-order valence-electron chi connectivity index (χ0n) is 15.5. The molecule has 0 bridgehead atoms. The van der Waals surface area contributed by atoms with Crippen LogP contribution in [0.4, 0.5) is 0 Å². The SMILES string of the molecule is CNC(=O)C(CC(C)C)NC(=O)c1cccc(S(=O)(=O)N2CCCC2)c1. The number of nitrogens with one attached hydrogen (secondary N) is 2. The summed E-state index contributed by atoms with van der Waals surface area (Å²) in [5.74, 6) is -0.509. The van der Waals surface area contributed by atoms with Crippen LogP contribution in [0.25, 0.3) is 0 Å². The summed E-state index contributed by atoms with van der Waals surface area (Å²) in [5.41, 5.74) is 0.225. The van der Waals surface area contributed by atoms with E-state index in [9.17, 15) is 18.0 Å². The Kier molecular flexibility index (Phi) is 6.77. The molecule has 8 heteroatoms. The smallest absolute Gasteiger partial charge is 0.251 e. The molecule has 1 aliphatic rings. The zero-order valence-corrected chi connectivity index (χ0v) is 16.3. The van der Waals surface area contributed by atoms with Crippen molar-refractivity contribution in [3.63, 3.8) is 0 Å². The maximum Gasteiger partial charge on any atom is 0.251 e. The van der Waals surface area contributed by atoms with E-state index in [0.717, 1.165) is 12.8 Å². The monoisotopic (exact) mass is 381 g/mol. The first-order valence-corrected chi connectivity index (χ1v) is 10.3. The molecule has 1 atom stereocenters. The van der Waals surface area contributed by atoms with Crippen molar-refractivity contribution in [3.05, 3.63) is 29.8 Å². The molecule has 144 valence electrons. The fourth-order valence-corrected chi connectivity index (χ4v) is 4.56. The molecule has 1 aromatic rings. The maximum atomic E-state index is 12.7. The quantitative estimate of drug-likeness (QED) is 0.745. The molecular weight excluding hydrogens is 354 g/mol. The number of nitrogens with zero attached hydrogens (tertiary/aromatic N) is 1. The van der Waals surface area contributed by atoms with Crippen molar-refractivity contribution in [2.24, 2.45) is 5.92 Å². The van der Waals surface area contributed by atoms with E-state index in [1.165, 1.54) is 23.5 Å². The molecule has 0 radical (unpaired) electrons. The largest absolute Gasteiger partial charge is 0.357 e. The highest BCUT2D eigenvalue weighted by Crippen LogP contribution is 2.21. The van der Waals surface area contributed by atoms with Crippen LogP contribution in [0.3, 0.4) is 0 Å². The Bertz CT molecular complexity index is 755. The van der Waals surface area contributed by atoms with Crippen molar-refractivity contribution < 1.29 is 18.0 Å². The highest BCUT2D eigenvalue weighted by Gasteiger charge is 2.28. The van der Waals surface area contributed by atoms with Crippen LogP contribution in [0, 0.1) is 5.92 Å². The van der Waals surface area contributed by atoms with Gasteiger partial charge >= 0.3 is 0 Å². The predicted octanol–water partition coefficient (Wildman–Crippen LogP) is 1.36. The fraction of sp³-hybridized carbons (Fsp3) is 0.556. The van der Waals surface area contributed by atoms with E-state index in [-0.39, 0.29) is 22.3 Å².